The number of ketones is 3. The summed E-state index contributed by atoms with van der Waals surface area (Å²) in [7, 11) is 0. The molecular formula is C20H26O5. The topological polar surface area (TPSA) is 91.7 Å². The molecule has 4 rings (SSSR count). The third kappa shape index (κ3) is 1.65. The van der Waals surface area contributed by atoms with Gasteiger partial charge < -0.3 is 10.2 Å². The molecule has 0 heterocycles. The van der Waals surface area contributed by atoms with Gasteiger partial charge in [0, 0.05) is 30.1 Å². The van der Waals surface area contributed by atoms with Gasteiger partial charge in [0.2, 0.25) is 0 Å². The van der Waals surface area contributed by atoms with Gasteiger partial charge in [0.1, 0.15) is 11.6 Å². The zero-order valence-corrected chi connectivity index (χ0v) is 15.0. The molecule has 0 aromatic rings. The highest BCUT2D eigenvalue weighted by Gasteiger charge is 2.76. The van der Waals surface area contributed by atoms with Gasteiger partial charge in [0.05, 0.1) is 17.6 Å². The largest absolute Gasteiger partial charge is 0.392 e. The molecule has 4 saturated carbocycles. The lowest BCUT2D eigenvalue weighted by atomic mass is 9.39. The van der Waals surface area contributed by atoms with E-state index in [1.165, 1.54) is 0 Å². The molecule has 25 heavy (non-hydrogen) atoms. The summed E-state index contributed by atoms with van der Waals surface area (Å²) in [5.41, 5.74) is -2.44. The van der Waals surface area contributed by atoms with Crippen LogP contribution in [0.5, 0.6) is 0 Å². The van der Waals surface area contributed by atoms with E-state index in [0.29, 0.717) is 12.8 Å². The summed E-state index contributed by atoms with van der Waals surface area (Å²) in [5, 5.41) is 22.0. The SMILES string of the molecule is C=C1C(=O)[C@@]23[C@H](O)C[C@@H]4C(C)(C)C(=O)CC[C@@]4(C)[C@@H]2C(=O)C[C@@H]1[C@H]3O. The van der Waals surface area contributed by atoms with Gasteiger partial charge in [-0.2, -0.15) is 0 Å². The number of carbonyl (C=O) groups is 3. The molecule has 5 nitrogen and oxygen atoms in total. The fraction of sp³-hybridized carbons (Fsp3) is 0.750. The number of aliphatic hydroxyl groups excluding tert-OH is 2. The molecule has 5 heteroatoms. The van der Waals surface area contributed by atoms with E-state index < -0.39 is 40.3 Å². The predicted octanol–water partition coefficient (Wildman–Crippen LogP) is 1.45. The molecule has 0 unspecified atom stereocenters. The number of hydrogen-bond acceptors (Lipinski definition) is 5. The van der Waals surface area contributed by atoms with E-state index in [1.54, 1.807) is 0 Å². The molecular weight excluding hydrogens is 320 g/mol. The Kier molecular flexibility index (Phi) is 3.20. The van der Waals surface area contributed by atoms with Crippen molar-refractivity contribution in [2.24, 2.45) is 34.0 Å². The molecule has 0 amide bonds. The number of carbonyl (C=O) groups excluding carboxylic acids is 3. The van der Waals surface area contributed by atoms with Crippen molar-refractivity contribution >= 4 is 17.3 Å². The standard InChI is InChI=1S/C20H26O5/c1-9-10-7-11(21)15-19(4)6-5-13(22)18(2,3)12(19)8-14(23)20(15,16(9)24)17(10)25/h10,12,14-15,17,23,25H,1,5-8H2,2-4H3/t10-,12+,14+,15-,17+,19+,20+/m0/s1. The fourth-order valence-electron chi connectivity index (χ4n) is 6.92. The maximum Gasteiger partial charge on any atom is 0.170 e. The molecule has 136 valence electrons. The minimum absolute atomic E-state index is 0.0706. The van der Waals surface area contributed by atoms with Crippen LogP contribution < -0.4 is 0 Å². The first-order chi connectivity index (χ1) is 11.5. The minimum Gasteiger partial charge on any atom is -0.392 e. The van der Waals surface area contributed by atoms with Crippen LogP contribution in [0.1, 0.15) is 46.5 Å². The molecule has 0 saturated heterocycles. The zero-order valence-electron chi connectivity index (χ0n) is 15.0. The summed E-state index contributed by atoms with van der Waals surface area (Å²) >= 11 is 0. The average Bonchev–Trinajstić information content (AvgIpc) is 2.65. The Hall–Kier alpha value is -1.33. The number of rotatable bonds is 0. The lowest BCUT2D eigenvalue weighted by molar-refractivity contribution is -0.219. The van der Waals surface area contributed by atoms with Crippen LogP contribution in [-0.4, -0.2) is 39.8 Å². The summed E-state index contributed by atoms with van der Waals surface area (Å²) in [6.07, 6.45) is -0.964. The second kappa shape index (κ2) is 4.68. The molecule has 0 aromatic carbocycles. The Balaban J connectivity index is 1.94. The number of Topliss-reactive ketones (excluding diaryl/α,β-unsaturated/α-hetero) is 3. The Bertz CT molecular complexity index is 722. The van der Waals surface area contributed by atoms with Crippen molar-refractivity contribution in [3.05, 3.63) is 12.2 Å². The Morgan fingerprint density at radius 1 is 1.12 bits per heavy atom. The summed E-state index contributed by atoms with van der Waals surface area (Å²) in [5.74, 6) is -1.80. The fourth-order valence-corrected chi connectivity index (χ4v) is 6.92. The summed E-state index contributed by atoms with van der Waals surface area (Å²) in [6.45, 7) is 9.56. The molecule has 4 fully saturated rings. The highest BCUT2D eigenvalue weighted by atomic mass is 16.3. The molecule has 4 aliphatic carbocycles. The first-order valence-electron chi connectivity index (χ1n) is 9.16. The van der Waals surface area contributed by atoms with Crippen molar-refractivity contribution in [3.8, 4) is 0 Å². The second-order valence-corrected chi connectivity index (χ2v) is 9.40. The molecule has 4 aliphatic rings. The molecule has 2 N–H and O–H groups in total. The molecule has 7 atom stereocenters. The van der Waals surface area contributed by atoms with Gasteiger partial charge in [-0.3, -0.25) is 14.4 Å². The van der Waals surface area contributed by atoms with Crippen molar-refractivity contribution in [3.63, 3.8) is 0 Å². The first kappa shape index (κ1) is 17.1. The van der Waals surface area contributed by atoms with Crippen LogP contribution >= 0.6 is 0 Å². The normalized spacial score (nSPS) is 51.3. The van der Waals surface area contributed by atoms with Crippen LogP contribution in [0.15, 0.2) is 12.2 Å². The van der Waals surface area contributed by atoms with Crippen molar-refractivity contribution in [1.29, 1.82) is 0 Å². The van der Waals surface area contributed by atoms with Crippen LogP contribution in [0.3, 0.4) is 0 Å². The van der Waals surface area contributed by atoms with E-state index in [2.05, 4.69) is 6.58 Å². The number of aliphatic hydroxyl groups is 2. The first-order valence-corrected chi connectivity index (χ1v) is 9.16. The van der Waals surface area contributed by atoms with Crippen LogP contribution in [0, 0.1) is 34.0 Å². The quantitative estimate of drug-likeness (QED) is 0.648. The third-order valence-electron chi connectivity index (χ3n) is 8.17. The number of hydrogen-bond donors (Lipinski definition) is 2. The molecule has 2 bridgehead atoms. The van der Waals surface area contributed by atoms with E-state index >= 15 is 0 Å². The zero-order chi connectivity index (χ0) is 18.5. The van der Waals surface area contributed by atoms with Gasteiger partial charge in [-0.05, 0) is 29.7 Å². The maximum atomic E-state index is 13.1. The summed E-state index contributed by atoms with van der Waals surface area (Å²) in [6, 6.07) is 0. The molecule has 0 aromatic heterocycles. The van der Waals surface area contributed by atoms with Crippen LogP contribution in [0.4, 0.5) is 0 Å². The van der Waals surface area contributed by atoms with Crippen molar-refractivity contribution in [2.75, 3.05) is 0 Å². The van der Waals surface area contributed by atoms with Crippen LogP contribution in [-0.2, 0) is 14.4 Å². The van der Waals surface area contributed by atoms with Gasteiger partial charge in [0.15, 0.2) is 5.78 Å². The lowest BCUT2D eigenvalue weighted by Gasteiger charge is -2.63. The summed E-state index contributed by atoms with van der Waals surface area (Å²) in [4.78, 5) is 38.7. The molecule has 0 aliphatic heterocycles. The Morgan fingerprint density at radius 2 is 1.76 bits per heavy atom. The van der Waals surface area contributed by atoms with Crippen LogP contribution in [0.2, 0.25) is 0 Å². The van der Waals surface area contributed by atoms with E-state index in [4.69, 9.17) is 0 Å². The van der Waals surface area contributed by atoms with Crippen molar-refractivity contribution in [2.45, 2.75) is 58.7 Å². The van der Waals surface area contributed by atoms with Crippen LogP contribution in [0.25, 0.3) is 0 Å². The van der Waals surface area contributed by atoms with Gasteiger partial charge in [0.25, 0.3) is 0 Å². The predicted molar refractivity (Wildman–Crippen MR) is 89.4 cm³/mol. The van der Waals surface area contributed by atoms with E-state index in [1.807, 2.05) is 20.8 Å². The highest BCUT2D eigenvalue weighted by molar-refractivity contribution is 6.10. The lowest BCUT2D eigenvalue weighted by Crippen LogP contribution is -2.70. The van der Waals surface area contributed by atoms with Gasteiger partial charge in [-0.15, -0.1) is 0 Å². The Labute approximate surface area is 147 Å². The monoisotopic (exact) mass is 346 g/mol. The Morgan fingerprint density at radius 3 is 2.40 bits per heavy atom. The van der Waals surface area contributed by atoms with E-state index in [-0.39, 0.29) is 41.7 Å². The third-order valence-corrected chi connectivity index (χ3v) is 8.17. The second-order valence-electron chi connectivity index (χ2n) is 9.40. The highest BCUT2D eigenvalue weighted by Crippen LogP contribution is 2.69. The van der Waals surface area contributed by atoms with E-state index in [0.717, 1.165) is 0 Å². The van der Waals surface area contributed by atoms with E-state index in [9.17, 15) is 24.6 Å². The van der Waals surface area contributed by atoms with Gasteiger partial charge >= 0.3 is 0 Å². The molecule has 0 radical (unpaired) electrons. The van der Waals surface area contributed by atoms with Gasteiger partial charge in [-0.25, -0.2) is 0 Å². The summed E-state index contributed by atoms with van der Waals surface area (Å²) < 4.78 is 0. The number of fused-ring (bicyclic) bond motifs is 3. The smallest absolute Gasteiger partial charge is 0.170 e. The maximum absolute atomic E-state index is 13.1. The minimum atomic E-state index is -1.47. The average molecular weight is 346 g/mol. The van der Waals surface area contributed by atoms with Gasteiger partial charge in [-0.1, -0.05) is 27.4 Å². The molecule has 1 spiro atoms. The van der Waals surface area contributed by atoms with Crippen molar-refractivity contribution < 1.29 is 24.6 Å². The van der Waals surface area contributed by atoms with Crippen molar-refractivity contribution in [1.82, 2.24) is 0 Å².